The zero-order valence-electron chi connectivity index (χ0n) is 14.6. The van der Waals surface area contributed by atoms with Gasteiger partial charge in [0.05, 0.1) is 18.2 Å². The Kier molecular flexibility index (Phi) is 5.20. The molecule has 0 unspecified atom stereocenters. The standard InChI is InChI=1S/C19H23N3O2/c1-5-14-9-13(11-20)7-8-15(14)12-22(21-19(3,4)6-2)16-10-17(23)18(16)24/h7-10,21H,5-6,12H2,1-4H3. The molecule has 0 heterocycles. The molecule has 0 saturated heterocycles. The van der Waals surface area contributed by atoms with E-state index in [-0.39, 0.29) is 5.54 Å². The molecule has 0 bridgehead atoms. The van der Waals surface area contributed by atoms with Crippen molar-refractivity contribution >= 4 is 5.69 Å². The molecule has 2 rings (SSSR count). The smallest absolute Gasteiger partial charge is 0.250 e. The first kappa shape index (κ1) is 17.9. The molecule has 0 atom stereocenters. The van der Waals surface area contributed by atoms with Crippen molar-refractivity contribution in [3.63, 3.8) is 0 Å². The lowest BCUT2D eigenvalue weighted by molar-refractivity contribution is 0.358. The van der Waals surface area contributed by atoms with Gasteiger partial charge in [0.25, 0.3) is 0 Å². The highest BCUT2D eigenvalue weighted by Gasteiger charge is 2.24. The monoisotopic (exact) mass is 325 g/mol. The molecule has 0 aromatic heterocycles. The summed E-state index contributed by atoms with van der Waals surface area (Å²) in [5, 5.41) is 10.8. The Morgan fingerprint density at radius 2 is 1.88 bits per heavy atom. The van der Waals surface area contributed by atoms with Crippen LogP contribution in [0.15, 0.2) is 33.9 Å². The molecule has 0 amide bonds. The molecule has 0 aliphatic heterocycles. The van der Waals surface area contributed by atoms with Gasteiger partial charge in [0.2, 0.25) is 10.9 Å². The predicted molar refractivity (Wildman–Crippen MR) is 95.6 cm³/mol. The molecule has 24 heavy (non-hydrogen) atoms. The topological polar surface area (TPSA) is 73.2 Å². The molecule has 5 heteroatoms. The van der Waals surface area contributed by atoms with E-state index in [0.717, 1.165) is 24.0 Å². The van der Waals surface area contributed by atoms with Crippen LogP contribution < -0.4 is 21.3 Å². The molecule has 126 valence electrons. The normalized spacial score (nSPS) is 11.5. The minimum Gasteiger partial charge on any atom is -0.299 e. The lowest BCUT2D eigenvalue weighted by atomic mass is 10.0. The average molecular weight is 325 g/mol. The number of rotatable bonds is 7. The molecule has 5 nitrogen and oxygen atoms in total. The zero-order valence-corrected chi connectivity index (χ0v) is 14.6. The second-order valence-electron chi connectivity index (χ2n) is 6.61. The van der Waals surface area contributed by atoms with E-state index >= 15 is 0 Å². The second kappa shape index (κ2) is 6.98. The highest BCUT2D eigenvalue weighted by Crippen LogP contribution is 2.19. The number of nitrogens with zero attached hydrogens (tertiary/aromatic N) is 2. The van der Waals surface area contributed by atoms with Crippen LogP contribution in [0.1, 0.15) is 50.8 Å². The van der Waals surface area contributed by atoms with Gasteiger partial charge >= 0.3 is 0 Å². The molecule has 0 aliphatic rings. The second-order valence-corrected chi connectivity index (χ2v) is 6.61. The van der Waals surface area contributed by atoms with Crippen LogP contribution in [0, 0.1) is 11.3 Å². The number of benzene rings is 1. The van der Waals surface area contributed by atoms with Crippen LogP contribution in [-0.4, -0.2) is 5.54 Å². The van der Waals surface area contributed by atoms with Crippen molar-refractivity contribution in [2.24, 2.45) is 0 Å². The van der Waals surface area contributed by atoms with E-state index in [1.54, 1.807) is 11.1 Å². The van der Waals surface area contributed by atoms with E-state index in [1.807, 2.05) is 32.9 Å². The maximum atomic E-state index is 11.9. The summed E-state index contributed by atoms with van der Waals surface area (Å²) >= 11 is 0. The Balaban J connectivity index is 2.36. The van der Waals surface area contributed by atoms with Gasteiger partial charge in [0, 0.05) is 11.6 Å². The highest BCUT2D eigenvalue weighted by molar-refractivity contribution is 5.51. The van der Waals surface area contributed by atoms with Crippen LogP contribution >= 0.6 is 0 Å². The quantitative estimate of drug-likeness (QED) is 0.625. The fourth-order valence-electron chi connectivity index (χ4n) is 2.48. The van der Waals surface area contributed by atoms with Crippen molar-refractivity contribution in [3.8, 4) is 6.07 Å². The van der Waals surface area contributed by atoms with Gasteiger partial charge in [-0.3, -0.25) is 14.6 Å². The summed E-state index contributed by atoms with van der Waals surface area (Å²) in [6.45, 7) is 8.65. The summed E-state index contributed by atoms with van der Waals surface area (Å²) in [5.74, 6) is 0. The Morgan fingerprint density at radius 3 is 2.38 bits per heavy atom. The molecule has 0 radical (unpaired) electrons. The number of aryl methyl sites for hydroxylation is 1. The van der Waals surface area contributed by atoms with Gasteiger partial charge in [-0.05, 0) is 49.9 Å². The van der Waals surface area contributed by atoms with Crippen LogP contribution in [0.5, 0.6) is 0 Å². The third-order valence-corrected chi connectivity index (χ3v) is 4.38. The summed E-state index contributed by atoms with van der Waals surface area (Å²) in [6.07, 6.45) is 1.66. The van der Waals surface area contributed by atoms with E-state index in [9.17, 15) is 9.59 Å². The van der Waals surface area contributed by atoms with Crippen molar-refractivity contribution in [2.45, 2.75) is 52.6 Å². The van der Waals surface area contributed by atoms with Crippen LogP contribution in [-0.2, 0) is 13.0 Å². The minimum absolute atomic E-state index is 0.210. The number of hydrogen-bond donors (Lipinski definition) is 1. The Hall–Kier alpha value is -2.45. The number of hydrogen-bond acceptors (Lipinski definition) is 5. The number of nitriles is 1. The van der Waals surface area contributed by atoms with E-state index < -0.39 is 10.9 Å². The van der Waals surface area contributed by atoms with Crippen molar-refractivity contribution in [1.29, 1.82) is 5.26 Å². The summed E-state index contributed by atoms with van der Waals surface area (Å²) in [6, 6.07) is 9.09. The zero-order chi connectivity index (χ0) is 17.9. The first-order valence-corrected chi connectivity index (χ1v) is 8.19. The third-order valence-electron chi connectivity index (χ3n) is 4.38. The molecule has 0 spiro atoms. The maximum absolute atomic E-state index is 11.9. The number of hydrazine groups is 1. The Labute approximate surface area is 142 Å². The Morgan fingerprint density at radius 1 is 1.17 bits per heavy atom. The summed E-state index contributed by atoms with van der Waals surface area (Å²) in [5.41, 5.74) is 5.34. The van der Waals surface area contributed by atoms with Gasteiger partial charge in [0.15, 0.2) is 0 Å². The lowest BCUT2D eigenvalue weighted by Crippen LogP contribution is -2.54. The molecular weight excluding hydrogens is 302 g/mol. The Bertz CT molecular complexity index is 839. The van der Waals surface area contributed by atoms with Crippen molar-refractivity contribution in [2.75, 3.05) is 5.01 Å². The SMILES string of the molecule is CCc1cc(C#N)ccc1CN(NC(C)(C)CC)c1cc(=O)c1=O. The van der Waals surface area contributed by atoms with Gasteiger partial charge < -0.3 is 0 Å². The van der Waals surface area contributed by atoms with Crippen LogP contribution in [0.3, 0.4) is 0 Å². The van der Waals surface area contributed by atoms with Gasteiger partial charge in [-0.25, -0.2) is 5.43 Å². The molecule has 0 aliphatic carbocycles. The van der Waals surface area contributed by atoms with Gasteiger partial charge in [0.1, 0.15) is 5.69 Å². The van der Waals surface area contributed by atoms with E-state index in [1.165, 1.54) is 6.07 Å². The average Bonchev–Trinajstić information content (AvgIpc) is 2.58. The molecule has 2 aromatic carbocycles. The minimum atomic E-state index is -0.457. The summed E-state index contributed by atoms with van der Waals surface area (Å²) in [4.78, 5) is 23.2. The van der Waals surface area contributed by atoms with Crippen molar-refractivity contribution in [1.82, 2.24) is 5.43 Å². The fourth-order valence-corrected chi connectivity index (χ4v) is 2.48. The van der Waals surface area contributed by atoms with E-state index in [4.69, 9.17) is 5.26 Å². The summed E-state index contributed by atoms with van der Waals surface area (Å²) in [7, 11) is 0. The highest BCUT2D eigenvalue weighted by atomic mass is 16.2. The van der Waals surface area contributed by atoms with Crippen molar-refractivity contribution in [3.05, 3.63) is 61.4 Å². The van der Waals surface area contributed by atoms with Crippen molar-refractivity contribution < 1.29 is 0 Å². The molecule has 0 fully saturated rings. The van der Waals surface area contributed by atoms with Crippen LogP contribution in [0.4, 0.5) is 5.69 Å². The van der Waals surface area contributed by atoms with Gasteiger partial charge in [-0.1, -0.05) is 19.9 Å². The molecular formula is C19H23N3O2. The molecule has 0 saturated carbocycles. The van der Waals surface area contributed by atoms with Gasteiger partial charge in [-0.2, -0.15) is 5.26 Å². The third kappa shape index (κ3) is 3.72. The van der Waals surface area contributed by atoms with E-state index in [2.05, 4.69) is 18.4 Å². The number of anilines is 1. The summed E-state index contributed by atoms with van der Waals surface area (Å²) < 4.78 is 0. The maximum Gasteiger partial charge on any atom is 0.250 e. The van der Waals surface area contributed by atoms with Gasteiger partial charge in [-0.15, -0.1) is 0 Å². The number of nitrogens with one attached hydrogen (secondary N) is 1. The lowest BCUT2D eigenvalue weighted by Gasteiger charge is -2.35. The molecule has 2 aromatic rings. The molecule has 1 N–H and O–H groups in total. The largest absolute Gasteiger partial charge is 0.299 e. The van der Waals surface area contributed by atoms with Crippen LogP contribution in [0.2, 0.25) is 0 Å². The predicted octanol–water partition coefficient (Wildman–Crippen LogP) is 2.42. The van der Waals surface area contributed by atoms with Crippen LogP contribution in [0.25, 0.3) is 0 Å². The first-order chi connectivity index (χ1) is 11.3. The first-order valence-electron chi connectivity index (χ1n) is 8.19. The fraction of sp³-hybridized carbons (Fsp3) is 0.421. The van der Waals surface area contributed by atoms with E-state index in [0.29, 0.717) is 17.8 Å².